The first-order valence-corrected chi connectivity index (χ1v) is 40.6. The fourth-order valence-electron chi connectivity index (χ4n) is 33.4. The molecule has 6 nitrogen and oxygen atoms in total. The van der Waals surface area contributed by atoms with Crippen molar-refractivity contribution in [3.8, 4) is 0 Å². The van der Waals surface area contributed by atoms with Gasteiger partial charge in [0.25, 0.3) is 23.6 Å². The van der Waals surface area contributed by atoms with Crippen LogP contribution in [0.3, 0.4) is 0 Å². The molecule has 2 aliphatic heterocycles. The van der Waals surface area contributed by atoms with Gasteiger partial charge in [0.2, 0.25) is 0 Å². The first-order valence-electron chi connectivity index (χ1n) is 40.6. The third kappa shape index (κ3) is 3.56. The zero-order valence-electron chi connectivity index (χ0n) is 58.4. The Kier molecular flexibility index (Phi) is 6.13. The van der Waals surface area contributed by atoms with Crippen molar-refractivity contribution in [3.63, 3.8) is 0 Å². The maximum Gasteiger partial charge on any atom is 0.261 e. The van der Waals surface area contributed by atoms with E-state index < -0.39 is 27.1 Å². The number of amides is 4. The maximum atomic E-state index is 14.8. The molecule has 0 aromatic heterocycles. The number of hydrogen-bond donors (Lipinski definition) is 0. The van der Waals surface area contributed by atoms with Crippen LogP contribution >= 0.6 is 0 Å². The SMILES string of the molecule is O=C1c2ccccc2C(=O)N1CCCCC12c3c4c5[c-]6c3C3(Cc7ccccc7)c7c1c1c8c2c2c9c%10c(c%11c%12c%13c(c%14c%15c%16c(c3c3c7c7c1c1c%17c8c9c8c9c%10c%12c%10c%12c%13c%15c%13c%15c%16c3c3c7c1c1c(c%178)c(c9%10)c(c%12%13)c1c3%15)C%146Cc1ccccc1)C%115c1ccccc1)C42CCCCN1C(=O)c2ccccc2C1=O. The summed E-state index contributed by atoms with van der Waals surface area (Å²) in [5.41, 5.74) is 27.1. The molecule has 39 rings (SSSR count). The van der Waals surface area contributed by atoms with Gasteiger partial charge in [0.1, 0.15) is 0 Å². The van der Waals surface area contributed by atoms with Crippen molar-refractivity contribution in [2.45, 2.75) is 78.4 Å². The number of imide groups is 2. The summed E-state index contributed by atoms with van der Waals surface area (Å²) in [6.45, 7) is 0.713. The normalized spacial score (nSPS) is 23.7. The van der Waals surface area contributed by atoms with Gasteiger partial charge in [-0.2, -0.15) is 11.1 Å². The molecule has 5 unspecified atom stereocenters. The van der Waals surface area contributed by atoms with E-state index in [9.17, 15) is 19.2 Å². The number of carbonyl (C=O) groups excluding carboxylic acids is 4. The molecule has 0 spiro atoms. The highest BCUT2D eigenvalue weighted by Gasteiger charge is 2.75. The van der Waals surface area contributed by atoms with E-state index in [1.807, 2.05) is 48.5 Å². The number of unbranched alkanes of at least 4 members (excludes halogenated alkanes) is 2. The van der Waals surface area contributed by atoms with Crippen LogP contribution in [0.1, 0.15) is 180 Å². The molecule has 0 saturated carbocycles. The van der Waals surface area contributed by atoms with Crippen molar-refractivity contribution in [2.75, 3.05) is 13.1 Å². The van der Waals surface area contributed by atoms with Gasteiger partial charge in [0, 0.05) is 29.3 Å². The average molecular weight is 1380 g/mol. The second-order valence-electron chi connectivity index (χ2n) is 37.2. The van der Waals surface area contributed by atoms with E-state index >= 15 is 0 Å². The molecule has 0 fully saturated rings. The van der Waals surface area contributed by atoms with Gasteiger partial charge < -0.3 is 0 Å². The molecular formula is C104H43N2O4-. The fraction of sp³-hybridized carbons (Fsp3) is 0.144. The Morgan fingerprint density at radius 3 is 0.873 bits per heavy atom. The lowest BCUT2D eigenvalue weighted by Gasteiger charge is -2.61. The number of fused-ring (bicyclic) bond motifs is 2. The van der Waals surface area contributed by atoms with E-state index in [-0.39, 0.29) is 23.6 Å². The highest BCUT2D eigenvalue weighted by molar-refractivity contribution is 6.77. The van der Waals surface area contributed by atoms with Gasteiger partial charge >= 0.3 is 0 Å². The van der Waals surface area contributed by atoms with Crippen LogP contribution in [0.4, 0.5) is 0 Å². The monoisotopic (exact) mass is 1380 g/mol. The van der Waals surface area contributed by atoms with E-state index in [1.54, 1.807) is 293 Å². The van der Waals surface area contributed by atoms with Gasteiger partial charge in [-0.15, -0.1) is 16.7 Å². The van der Waals surface area contributed by atoms with Gasteiger partial charge in [0.15, 0.2) is 0 Å². The highest BCUT2D eigenvalue weighted by Crippen LogP contribution is 2.90. The summed E-state index contributed by atoms with van der Waals surface area (Å²) in [6, 6.07) is 51.1. The minimum Gasteiger partial charge on any atom is -0.274 e. The molecule has 0 N–H and O–H groups in total. The van der Waals surface area contributed by atoms with Crippen molar-refractivity contribution in [3.05, 3.63) is 262 Å². The number of benzene rings is 20. The van der Waals surface area contributed by atoms with Gasteiger partial charge in [-0.25, -0.2) is 0 Å². The fourth-order valence-corrected chi connectivity index (χ4v) is 33.4. The molecule has 27 aromatic carbocycles. The summed E-state index contributed by atoms with van der Waals surface area (Å²) in [5, 5.41) is 62.4. The van der Waals surface area contributed by atoms with Crippen molar-refractivity contribution in [1.82, 2.24) is 9.80 Å². The Bertz CT molecular complexity index is 9440. The second kappa shape index (κ2) is 13.5. The summed E-state index contributed by atoms with van der Waals surface area (Å²) in [7, 11) is 0. The molecule has 10 aliphatic carbocycles. The van der Waals surface area contributed by atoms with Crippen LogP contribution in [-0.4, -0.2) is 46.5 Å². The first kappa shape index (κ1) is 50.0. The molecule has 0 saturated heterocycles. The predicted octanol–water partition coefficient (Wildman–Crippen LogP) is 22.3. The zero-order valence-corrected chi connectivity index (χ0v) is 58.4. The third-order valence-electron chi connectivity index (χ3n) is 35.0. The Morgan fingerprint density at radius 1 is 0.236 bits per heavy atom. The van der Waals surface area contributed by atoms with Gasteiger partial charge in [-0.1, -0.05) is 128 Å². The predicted molar refractivity (Wildman–Crippen MR) is 437 cm³/mol. The standard InChI is InChI=1S/C104H43N2O4/c107-96-37-24-10-11-25-38(37)97(108)105(96)30-16-14-28-100-81-71-61-51-46-42-41-43-45-44(42)49-57-53(46)62(61)73-77-67(57)69-59(49)60-50(45)58-56-48(43)55-54-47(41)52(51)63-64(54)74-75-65(55)66(56)76-78-68(58)70(60)80-79(69)89-87(77)101(82(73)81,29-15-17-31-106-98(109)39-26-12-13-27-40(39)99(106)110)93-91(100)92-94-95(93)104(89,36-22-8-3-9-23-36)90(80)88(78)103(94,33-35-20-6-2-7-21-35)86(76)85(75)102(92,84(74)83(100)72(63)71)32-34-18-4-1-5-19-34/h1-13,18-27H,14-17,28-33H2/q-1. The van der Waals surface area contributed by atoms with Crippen LogP contribution in [0.2, 0.25) is 0 Å². The van der Waals surface area contributed by atoms with Crippen molar-refractivity contribution < 1.29 is 19.2 Å². The van der Waals surface area contributed by atoms with E-state index in [0.29, 0.717) is 48.2 Å². The number of carbonyl (C=O) groups is 4. The van der Waals surface area contributed by atoms with Crippen molar-refractivity contribution in [1.29, 1.82) is 0 Å². The molecule has 27 aromatic rings. The molecule has 12 aliphatic rings. The van der Waals surface area contributed by atoms with Crippen LogP contribution in [0.15, 0.2) is 140 Å². The molecule has 0 radical (unpaired) electrons. The van der Waals surface area contributed by atoms with Crippen LogP contribution in [0.5, 0.6) is 0 Å². The van der Waals surface area contributed by atoms with Gasteiger partial charge in [-0.05, 0) is 361 Å². The Hall–Kier alpha value is -12.8. The van der Waals surface area contributed by atoms with Crippen molar-refractivity contribution in [2.24, 2.45) is 0 Å². The molecule has 4 amide bonds. The molecule has 110 heavy (non-hydrogen) atoms. The molecule has 494 valence electrons. The summed E-state index contributed by atoms with van der Waals surface area (Å²) in [5.74, 6) is -0.690. The lowest BCUT2D eigenvalue weighted by molar-refractivity contribution is 0.0635. The molecule has 6 heteroatoms. The van der Waals surface area contributed by atoms with E-state index in [0.717, 1.165) is 38.5 Å². The zero-order chi connectivity index (χ0) is 69.1. The summed E-state index contributed by atoms with van der Waals surface area (Å²) in [4.78, 5) is 62.3. The van der Waals surface area contributed by atoms with Gasteiger partial charge in [0.05, 0.1) is 22.3 Å². The number of nitrogens with zero attached hydrogens (tertiary/aromatic N) is 2. The van der Waals surface area contributed by atoms with Gasteiger partial charge in [-0.3, -0.25) is 29.0 Å². The average Bonchev–Trinajstić information content (AvgIpc) is 1.37. The first-order chi connectivity index (χ1) is 54.4. The van der Waals surface area contributed by atoms with Crippen LogP contribution in [0, 0.1) is 0 Å². The molecular weight excluding hydrogens is 1340 g/mol. The minimum atomic E-state index is -0.747. The highest BCUT2D eigenvalue weighted by atomic mass is 16.2. The second-order valence-corrected chi connectivity index (χ2v) is 37.2. The summed E-state index contributed by atoms with van der Waals surface area (Å²) in [6.07, 6.45) is 6.27. The lowest BCUT2D eigenvalue weighted by atomic mass is 9.45. The van der Waals surface area contributed by atoms with Crippen LogP contribution in [-0.2, 0) is 39.9 Å². The Balaban J connectivity index is 0.810. The van der Waals surface area contributed by atoms with Crippen molar-refractivity contribution >= 4 is 239 Å². The third-order valence-corrected chi connectivity index (χ3v) is 35.0. The number of hydrogen-bond acceptors (Lipinski definition) is 4. The molecule has 2 heterocycles. The minimum absolute atomic E-state index is 0.172. The quantitative estimate of drug-likeness (QED) is 0.0444. The largest absolute Gasteiger partial charge is 0.274 e. The smallest absolute Gasteiger partial charge is 0.261 e. The molecule has 0 bridgehead atoms. The summed E-state index contributed by atoms with van der Waals surface area (Å²) >= 11 is 0. The maximum absolute atomic E-state index is 14.8. The topological polar surface area (TPSA) is 74.8 Å². The lowest BCUT2D eigenvalue weighted by Crippen LogP contribution is -2.51. The summed E-state index contributed by atoms with van der Waals surface area (Å²) < 4.78 is 0. The van der Waals surface area contributed by atoms with E-state index in [4.69, 9.17) is 0 Å². The Morgan fingerprint density at radius 2 is 0.500 bits per heavy atom. The Labute approximate surface area is 617 Å². The molecule has 5 atom stereocenters. The van der Waals surface area contributed by atoms with E-state index in [1.165, 1.54) is 32.8 Å². The van der Waals surface area contributed by atoms with E-state index in [2.05, 4.69) is 91.0 Å². The van der Waals surface area contributed by atoms with Crippen LogP contribution in [0.25, 0.3) is 215 Å². The number of rotatable bonds is 15. The van der Waals surface area contributed by atoms with Crippen LogP contribution < -0.4 is 0 Å².